The number of hydrogen-bond acceptors (Lipinski definition) is 4. The van der Waals surface area contributed by atoms with Crippen molar-refractivity contribution in [3.8, 4) is 0 Å². The summed E-state index contributed by atoms with van der Waals surface area (Å²) in [6, 6.07) is 11.0. The molecule has 2 aromatic rings. The zero-order valence-electron chi connectivity index (χ0n) is 15.5. The van der Waals surface area contributed by atoms with Crippen LogP contribution in [0.2, 0.25) is 5.02 Å². The molecule has 0 radical (unpaired) electrons. The average molecular weight is 424 g/mol. The van der Waals surface area contributed by atoms with Crippen LogP contribution in [0.25, 0.3) is 0 Å². The van der Waals surface area contributed by atoms with Crippen molar-refractivity contribution in [2.75, 3.05) is 11.3 Å². The summed E-state index contributed by atoms with van der Waals surface area (Å²) in [5.41, 5.74) is 0.624. The molecule has 9 heteroatoms. The molecule has 0 aliphatic rings. The number of halogens is 1. The van der Waals surface area contributed by atoms with Gasteiger partial charge in [-0.15, -0.1) is 0 Å². The minimum atomic E-state index is -3.80. The monoisotopic (exact) mass is 423 g/mol. The first-order valence-corrected chi connectivity index (χ1v) is 10.6. The first-order valence-electron chi connectivity index (χ1n) is 8.70. The minimum Gasteiger partial charge on any atom is -0.354 e. The highest BCUT2D eigenvalue weighted by atomic mass is 35.5. The SMILES string of the molecule is CCCNC(=O)C(C)NC(=O)c1ccc(S(=O)(=O)Nc2ccc(Cl)cc2)cc1. The van der Waals surface area contributed by atoms with Gasteiger partial charge in [-0.1, -0.05) is 18.5 Å². The van der Waals surface area contributed by atoms with E-state index in [4.69, 9.17) is 11.6 Å². The molecule has 0 saturated heterocycles. The van der Waals surface area contributed by atoms with Crippen LogP contribution in [-0.2, 0) is 14.8 Å². The number of rotatable bonds is 8. The van der Waals surface area contributed by atoms with Crippen molar-refractivity contribution < 1.29 is 18.0 Å². The normalized spacial score (nSPS) is 12.1. The third-order valence-corrected chi connectivity index (χ3v) is 5.46. The Balaban J connectivity index is 2.04. The van der Waals surface area contributed by atoms with E-state index in [2.05, 4.69) is 15.4 Å². The van der Waals surface area contributed by atoms with Gasteiger partial charge in [0.1, 0.15) is 6.04 Å². The molecular formula is C19H22ClN3O4S. The van der Waals surface area contributed by atoms with E-state index in [-0.39, 0.29) is 16.4 Å². The average Bonchev–Trinajstić information content (AvgIpc) is 2.67. The number of benzene rings is 2. The molecule has 0 spiro atoms. The number of carbonyl (C=O) groups excluding carboxylic acids is 2. The molecule has 1 unspecified atom stereocenters. The van der Waals surface area contributed by atoms with Gasteiger partial charge in [-0.25, -0.2) is 8.42 Å². The van der Waals surface area contributed by atoms with Gasteiger partial charge in [-0.05, 0) is 61.9 Å². The van der Waals surface area contributed by atoms with Gasteiger partial charge in [0, 0.05) is 22.8 Å². The predicted octanol–water partition coefficient (Wildman–Crippen LogP) is 2.79. The van der Waals surface area contributed by atoms with Crippen LogP contribution >= 0.6 is 11.6 Å². The van der Waals surface area contributed by atoms with Crippen LogP contribution in [0.3, 0.4) is 0 Å². The van der Waals surface area contributed by atoms with Crippen molar-refractivity contribution in [1.29, 1.82) is 0 Å². The van der Waals surface area contributed by atoms with E-state index in [1.165, 1.54) is 24.3 Å². The van der Waals surface area contributed by atoms with Crippen molar-refractivity contribution in [1.82, 2.24) is 10.6 Å². The summed E-state index contributed by atoms with van der Waals surface area (Å²) < 4.78 is 27.3. The fraction of sp³-hybridized carbons (Fsp3) is 0.263. The first kappa shape index (κ1) is 21.7. The topological polar surface area (TPSA) is 104 Å². The highest BCUT2D eigenvalue weighted by Crippen LogP contribution is 2.18. The summed E-state index contributed by atoms with van der Waals surface area (Å²) >= 11 is 5.79. The van der Waals surface area contributed by atoms with Crippen molar-refractivity contribution in [3.05, 3.63) is 59.1 Å². The fourth-order valence-electron chi connectivity index (χ4n) is 2.26. The number of amides is 2. The standard InChI is InChI=1S/C19H22ClN3O4S/c1-3-12-21-18(24)13(2)22-19(25)14-4-10-17(11-5-14)28(26,27)23-16-8-6-15(20)7-9-16/h4-11,13,23H,3,12H2,1-2H3,(H,21,24)(H,22,25). The minimum absolute atomic E-state index is 0.00716. The highest BCUT2D eigenvalue weighted by molar-refractivity contribution is 7.92. The van der Waals surface area contributed by atoms with E-state index in [9.17, 15) is 18.0 Å². The maximum absolute atomic E-state index is 12.4. The van der Waals surface area contributed by atoms with E-state index in [1.807, 2.05) is 6.92 Å². The zero-order chi connectivity index (χ0) is 20.7. The third kappa shape index (κ3) is 5.97. The Kier molecular flexibility index (Phi) is 7.42. The molecule has 0 bridgehead atoms. The van der Waals surface area contributed by atoms with E-state index in [1.54, 1.807) is 31.2 Å². The molecule has 3 N–H and O–H groups in total. The maximum Gasteiger partial charge on any atom is 0.261 e. The first-order chi connectivity index (χ1) is 13.2. The Morgan fingerprint density at radius 1 is 1.04 bits per heavy atom. The number of carbonyl (C=O) groups is 2. The van der Waals surface area contributed by atoms with Gasteiger partial charge in [0.2, 0.25) is 5.91 Å². The summed E-state index contributed by atoms with van der Waals surface area (Å²) in [6.07, 6.45) is 0.798. The van der Waals surface area contributed by atoms with Crippen LogP contribution < -0.4 is 15.4 Å². The van der Waals surface area contributed by atoms with Crippen LogP contribution in [0.15, 0.2) is 53.4 Å². The van der Waals surface area contributed by atoms with Gasteiger partial charge in [-0.2, -0.15) is 0 Å². The van der Waals surface area contributed by atoms with Crippen molar-refractivity contribution in [2.45, 2.75) is 31.2 Å². The second-order valence-electron chi connectivity index (χ2n) is 6.12. The van der Waals surface area contributed by atoms with Gasteiger partial charge < -0.3 is 10.6 Å². The van der Waals surface area contributed by atoms with Gasteiger partial charge in [-0.3, -0.25) is 14.3 Å². The fourth-order valence-corrected chi connectivity index (χ4v) is 3.45. The Bertz CT molecular complexity index is 929. The van der Waals surface area contributed by atoms with Crippen LogP contribution in [0.4, 0.5) is 5.69 Å². The van der Waals surface area contributed by atoms with E-state index in [0.717, 1.165) is 6.42 Å². The van der Waals surface area contributed by atoms with Crippen LogP contribution in [-0.4, -0.2) is 32.8 Å². The Hall–Kier alpha value is -2.58. The molecule has 0 aliphatic heterocycles. The van der Waals surface area contributed by atoms with E-state index >= 15 is 0 Å². The van der Waals surface area contributed by atoms with E-state index in [0.29, 0.717) is 17.3 Å². The third-order valence-electron chi connectivity index (χ3n) is 3.81. The molecule has 1 atom stereocenters. The molecule has 7 nitrogen and oxygen atoms in total. The molecule has 0 heterocycles. The second kappa shape index (κ2) is 9.57. The quantitative estimate of drug-likeness (QED) is 0.607. The molecule has 0 saturated carbocycles. The van der Waals surface area contributed by atoms with Gasteiger partial charge in [0.25, 0.3) is 15.9 Å². The molecule has 2 aromatic carbocycles. The predicted molar refractivity (Wildman–Crippen MR) is 109 cm³/mol. The Labute approximate surface area is 169 Å². The zero-order valence-corrected chi connectivity index (χ0v) is 17.1. The number of anilines is 1. The van der Waals surface area contributed by atoms with Crippen LogP contribution in [0.1, 0.15) is 30.6 Å². The lowest BCUT2D eigenvalue weighted by Crippen LogP contribution is -2.45. The number of sulfonamides is 1. The largest absolute Gasteiger partial charge is 0.354 e. The lowest BCUT2D eigenvalue weighted by molar-refractivity contribution is -0.122. The lowest BCUT2D eigenvalue weighted by atomic mass is 10.2. The smallest absolute Gasteiger partial charge is 0.261 e. The van der Waals surface area contributed by atoms with Crippen molar-refractivity contribution >= 4 is 39.1 Å². The molecule has 28 heavy (non-hydrogen) atoms. The highest BCUT2D eigenvalue weighted by Gasteiger charge is 2.18. The van der Waals surface area contributed by atoms with E-state index < -0.39 is 22.0 Å². The maximum atomic E-state index is 12.4. The second-order valence-corrected chi connectivity index (χ2v) is 8.24. The van der Waals surface area contributed by atoms with Crippen LogP contribution in [0.5, 0.6) is 0 Å². The summed E-state index contributed by atoms with van der Waals surface area (Å²) in [5.74, 6) is -0.740. The molecule has 150 valence electrons. The Morgan fingerprint density at radius 2 is 1.64 bits per heavy atom. The van der Waals surface area contributed by atoms with Crippen LogP contribution in [0, 0.1) is 0 Å². The lowest BCUT2D eigenvalue weighted by Gasteiger charge is -2.14. The summed E-state index contributed by atoms with van der Waals surface area (Å²) in [6.45, 7) is 4.05. The summed E-state index contributed by atoms with van der Waals surface area (Å²) in [7, 11) is -3.80. The van der Waals surface area contributed by atoms with Crippen molar-refractivity contribution in [2.24, 2.45) is 0 Å². The molecule has 2 rings (SSSR count). The molecule has 0 aliphatic carbocycles. The van der Waals surface area contributed by atoms with Gasteiger partial charge in [0.05, 0.1) is 4.90 Å². The molecular weight excluding hydrogens is 402 g/mol. The molecule has 0 aromatic heterocycles. The van der Waals surface area contributed by atoms with Gasteiger partial charge in [0.15, 0.2) is 0 Å². The summed E-state index contributed by atoms with van der Waals surface area (Å²) in [5, 5.41) is 5.77. The Morgan fingerprint density at radius 3 is 2.21 bits per heavy atom. The molecule has 0 fully saturated rings. The number of hydrogen-bond donors (Lipinski definition) is 3. The van der Waals surface area contributed by atoms with Gasteiger partial charge >= 0.3 is 0 Å². The summed E-state index contributed by atoms with van der Waals surface area (Å²) in [4.78, 5) is 24.1. The van der Waals surface area contributed by atoms with Crippen molar-refractivity contribution in [3.63, 3.8) is 0 Å². The molecule has 2 amide bonds. The number of nitrogens with one attached hydrogen (secondary N) is 3.